The lowest BCUT2D eigenvalue weighted by Crippen LogP contribution is -2.04. The first-order valence-corrected chi connectivity index (χ1v) is 5.83. The maximum Gasteiger partial charge on any atom is 0.213 e. The monoisotopic (exact) mass is 228 g/mol. The largest absolute Gasteiger partial charge is 0.478 e. The van der Waals surface area contributed by atoms with Crippen LogP contribution in [-0.2, 0) is 0 Å². The summed E-state index contributed by atoms with van der Waals surface area (Å²) in [5.74, 6) is 0.633. The molecule has 0 saturated heterocycles. The van der Waals surface area contributed by atoms with Crippen molar-refractivity contribution in [3.8, 4) is 5.88 Å². The molecule has 1 aromatic rings. The van der Waals surface area contributed by atoms with Crippen LogP contribution in [0.1, 0.15) is 6.92 Å². The third-order valence-corrected chi connectivity index (χ3v) is 2.54. The van der Waals surface area contributed by atoms with Gasteiger partial charge in [0.1, 0.15) is 4.32 Å². The molecule has 0 aliphatic heterocycles. The van der Waals surface area contributed by atoms with E-state index in [0.29, 0.717) is 12.5 Å². The lowest BCUT2D eigenvalue weighted by Gasteiger charge is -2.05. The molecule has 1 rings (SSSR count). The third-order valence-electron chi connectivity index (χ3n) is 1.46. The highest BCUT2D eigenvalue weighted by atomic mass is 32.2. The second-order valence-corrected chi connectivity index (χ2v) is 3.92. The van der Waals surface area contributed by atoms with E-state index in [0.717, 1.165) is 10.0 Å². The molecule has 0 atom stereocenters. The van der Waals surface area contributed by atoms with Crippen LogP contribution in [0.15, 0.2) is 18.3 Å². The zero-order chi connectivity index (χ0) is 10.4. The molecular formula is C9H12N2OS2. The van der Waals surface area contributed by atoms with Gasteiger partial charge in [0.15, 0.2) is 0 Å². The topological polar surface area (TPSA) is 34.1 Å². The molecule has 0 bridgehead atoms. The maximum absolute atomic E-state index is 5.22. The van der Waals surface area contributed by atoms with Crippen molar-refractivity contribution >= 4 is 34.0 Å². The van der Waals surface area contributed by atoms with Crippen molar-refractivity contribution < 1.29 is 4.74 Å². The molecule has 0 aliphatic rings. The summed E-state index contributed by atoms with van der Waals surface area (Å²) < 4.78 is 5.95. The molecule has 0 fully saturated rings. The number of aromatic nitrogens is 1. The van der Waals surface area contributed by atoms with Crippen molar-refractivity contribution in [2.45, 2.75) is 6.92 Å². The number of nitrogens with zero attached hydrogens (tertiary/aromatic N) is 1. The van der Waals surface area contributed by atoms with Gasteiger partial charge in [-0.15, -0.1) is 11.8 Å². The van der Waals surface area contributed by atoms with E-state index in [1.165, 1.54) is 11.8 Å². The normalized spacial score (nSPS) is 9.57. The van der Waals surface area contributed by atoms with Crippen molar-refractivity contribution in [1.82, 2.24) is 4.98 Å². The zero-order valence-corrected chi connectivity index (χ0v) is 9.74. The Morgan fingerprint density at radius 1 is 1.64 bits per heavy atom. The SMILES string of the molecule is CCOc1ccc(NC(=S)SC)cn1. The average Bonchev–Trinajstić information content (AvgIpc) is 2.21. The van der Waals surface area contributed by atoms with Crippen molar-refractivity contribution in [2.75, 3.05) is 18.2 Å². The molecule has 3 nitrogen and oxygen atoms in total. The molecule has 1 N–H and O–H groups in total. The van der Waals surface area contributed by atoms with Gasteiger partial charge in [0, 0.05) is 6.07 Å². The summed E-state index contributed by atoms with van der Waals surface area (Å²) in [6.45, 7) is 2.56. The summed E-state index contributed by atoms with van der Waals surface area (Å²) in [5, 5.41) is 3.04. The number of rotatable bonds is 3. The van der Waals surface area contributed by atoms with E-state index in [1.54, 1.807) is 6.20 Å². The molecule has 1 aromatic heterocycles. The highest BCUT2D eigenvalue weighted by molar-refractivity contribution is 8.22. The van der Waals surface area contributed by atoms with E-state index in [1.807, 2.05) is 25.3 Å². The molecule has 0 amide bonds. The number of thioether (sulfide) groups is 1. The van der Waals surface area contributed by atoms with E-state index in [9.17, 15) is 0 Å². The average molecular weight is 228 g/mol. The fourth-order valence-electron chi connectivity index (χ4n) is 0.856. The summed E-state index contributed by atoms with van der Waals surface area (Å²) in [7, 11) is 0. The number of nitrogens with one attached hydrogen (secondary N) is 1. The van der Waals surface area contributed by atoms with Crippen LogP contribution in [0, 0.1) is 0 Å². The lowest BCUT2D eigenvalue weighted by atomic mass is 10.4. The van der Waals surface area contributed by atoms with Crippen LogP contribution in [0.4, 0.5) is 5.69 Å². The van der Waals surface area contributed by atoms with Crippen molar-refractivity contribution in [3.05, 3.63) is 18.3 Å². The van der Waals surface area contributed by atoms with Gasteiger partial charge >= 0.3 is 0 Å². The van der Waals surface area contributed by atoms with Crippen LogP contribution in [0.5, 0.6) is 5.88 Å². The smallest absolute Gasteiger partial charge is 0.213 e. The van der Waals surface area contributed by atoms with Gasteiger partial charge in [0.05, 0.1) is 18.5 Å². The van der Waals surface area contributed by atoms with Crippen LogP contribution in [0.3, 0.4) is 0 Å². The highest BCUT2D eigenvalue weighted by Crippen LogP contribution is 2.13. The number of hydrogen-bond acceptors (Lipinski definition) is 4. The fourth-order valence-corrected chi connectivity index (χ4v) is 1.19. The van der Waals surface area contributed by atoms with E-state index in [4.69, 9.17) is 17.0 Å². The fraction of sp³-hybridized carbons (Fsp3) is 0.333. The number of ether oxygens (including phenoxy) is 1. The molecule has 5 heteroatoms. The Morgan fingerprint density at radius 2 is 2.43 bits per heavy atom. The van der Waals surface area contributed by atoms with Crippen molar-refractivity contribution in [1.29, 1.82) is 0 Å². The van der Waals surface area contributed by atoms with Crippen molar-refractivity contribution in [2.24, 2.45) is 0 Å². The highest BCUT2D eigenvalue weighted by Gasteiger charge is 1.97. The number of thiocarbonyl (C=S) groups is 1. The summed E-state index contributed by atoms with van der Waals surface area (Å²) >= 11 is 6.51. The Kier molecular flexibility index (Phi) is 4.69. The van der Waals surface area contributed by atoms with Crippen LogP contribution in [0.2, 0.25) is 0 Å². The summed E-state index contributed by atoms with van der Waals surface area (Å²) in [6.07, 6.45) is 3.63. The minimum absolute atomic E-state index is 0.628. The molecule has 14 heavy (non-hydrogen) atoms. The molecule has 0 spiro atoms. The number of hydrogen-bond donors (Lipinski definition) is 1. The molecular weight excluding hydrogens is 216 g/mol. The number of anilines is 1. The summed E-state index contributed by atoms with van der Waals surface area (Å²) in [4.78, 5) is 4.10. The molecule has 0 unspecified atom stereocenters. The first-order valence-electron chi connectivity index (χ1n) is 4.20. The maximum atomic E-state index is 5.22. The van der Waals surface area contributed by atoms with E-state index in [-0.39, 0.29) is 0 Å². The Hall–Kier alpha value is -0.810. The van der Waals surface area contributed by atoms with Gasteiger partial charge < -0.3 is 10.1 Å². The van der Waals surface area contributed by atoms with Crippen LogP contribution in [0.25, 0.3) is 0 Å². The molecule has 0 aromatic carbocycles. The second-order valence-electron chi connectivity index (χ2n) is 2.43. The lowest BCUT2D eigenvalue weighted by molar-refractivity contribution is 0.327. The van der Waals surface area contributed by atoms with Crippen LogP contribution < -0.4 is 10.1 Å². The first kappa shape index (κ1) is 11.3. The Balaban J connectivity index is 2.59. The molecule has 0 saturated carbocycles. The Bertz CT molecular complexity index is 300. The quantitative estimate of drug-likeness (QED) is 0.804. The zero-order valence-electron chi connectivity index (χ0n) is 8.11. The van der Waals surface area contributed by atoms with Gasteiger partial charge in [-0.25, -0.2) is 4.98 Å². The molecule has 76 valence electrons. The van der Waals surface area contributed by atoms with Crippen molar-refractivity contribution in [3.63, 3.8) is 0 Å². The van der Waals surface area contributed by atoms with Gasteiger partial charge in [-0.05, 0) is 19.2 Å². The molecule has 0 aliphatic carbocycles. The van der Waals surface area contributed by atoms with E-state index in [2.05, 4.69) is 10.3 Å². The number of pyridine rings is 1. The van der Waals surface area contributed by atoms with E-state index < -0.39 is 0 Å². The van der Waals surface area contributed by atoms with Crippen LogP contribution in [-0.4, -0.2) is 22.2 Å². The predicted molar refractivity (Wildman–Crippen MR) is 65.1 cm³/mol. The van der Waals surface area contributed by atoms with Gasteiger partial charge in [-0.3, -0.25) is 0 Å². The Morgan fingerprint density at radius 3 is 2.93 bits per heavy atom. The van der Waals surface area contributed by atoms with Gasteiger partial charge in [0.2, 0.25) is 5.88 Å². The summed E-state index contributed by atoms with van der Waals surface area (Å²) in [6, 6.07) is 3.70. The van der Waals surface area contributed by atoms with E-state index >= 15 is 0 Å². The summed E-state index contributed by atoms with van der Waals surface area (Å²) in [5.41, 5.74) is 0.882. The molecule has 0 radical (unpaired) electrons. The minimum atomic E-state index is 0.628. The molecule has 1 heterocycles. The standard InChI is InChI=1S/C9H12N2OS2/c1-3-12-8-5-4-7(6-10-8)11-9(13)14-2/h4-6H,3H2,1-2H3,(H,11,13). The third kappa shape index (κ3) is 3.51. The first-order chi connectivity index (χ1) is 6.76. The van der Waals surface area contributed by atoms with Gasteiger partial charge in [-0.1, -0.05) is 12.2 Å². The second kappa shape index (κ2) is 5.82. The van der Waals surface area contributed by atoms with Gasteiger partial charge in [0.25, 0.3) is 0 Å². The van der Waals surface area contributed by atoms with Crippen LogP contribution >= 0.6 is 24.0 Å². The Labute approximate surface area is 93.3 Å². The van der Waals surface area contributed by atoms with Gasteiger partial charge in [-0.2, -0.15) is 0 Å². The minimum Gasteiger partial charge on any atom is -0.478 e. The predicted octanol–water partition coefficient (Wildman–Crippen LogP) is 2.54.